The van der Waals surface area contributed by atoms with Crippen LogP contribution >= 0.6 is 15.9 Å². The van der Waals surface area contributed by atoms with Gasteiger partial charge < -0.3 is 9.64 Å². The molecule has 0 N–H and O–H groups in total. The van der Waals surface area contributed by atoms with E-state index in [9.17, 15) is 13.2 Å². The van der Waals surface area contributed by atoms with Gasteiger partial charge in [-0.1, -0.05) is 0 Å². The number of nitrogens with zero attached hydrogens (tertiary/aromatic N) is 1. The molecule has 94 valence electrons. The van der Waals surface area contributed by atoms with Crippen LogP contribution in [0.2, 0.25) is 0 Å². The van der Waals surface area contributed by atoms with E-state index in [1.807, 2.05) is 4.90 Å². The number of benzene rings is 1. The third-order valence-electron chi connectivity index (χ3n) is 2.66. The largest absolute Gasteiger partial charge is 0.434 e. The zero-order valence-electron chi connectivity index (χ0n) is 8.93. The SMILES string of the molecule is Fc1cc(OC(F)F)c(Br)cc1N1CCCC1. The Balaban J connectivity index is 2.27. The van der Waals surface area contributed by atoms with Gasteiger partial charge in [0.05, 0.1) is 10.2 Å². The molecule has 0 aromatic heterocycles. The molecule has 1 aliphatic heterocycles. The van der Waals surface area contributed by atoms with Gasteiger partial charge >= 0.3 is 6.61 Å². The van der Waals surface area contributed by atoms with Crippen LogP contribution in [0.1, 0.15) is 12.8 Å². The Morgan fingerprint density at radius 2 is 1.88 bits per heavy atom. The van der Waals surface area contributed by atoms with Gasteiger partial charge in [-0.05, 0) is 34.8 Å². The molecule has 2 nitrogen and oxygen atoms in total. The van der Waals surface area contributed by atoms with Gasteiger partial charge in [-0.2, -0.15) is 8.78 Å². The Hall–Kier alpha value is -0.910. The molecule has 0 aliphatic carbocycles. The topological polar surface area (TPSA) is 12.5 Å². The minimum absolute atomic E-state index is 0.180. The fourth-order valence-electron chi connectivity index (χ4n) is 1.90. The summed E-state index contributed by atoms with van der Waals surface area (Å²) in [5, 5.41) is 0. The van der Waals surface area contributed by atoms with E-state index in [-0.39, 0.29) is 5.75 Å². The number of halogens is 4. The van der Waals surface area contributed by atoms with Crippen LogP contribution in [-0.2, 0) is 0 Å². The average molecular weight is 310 g/mol. The third kappa shape index (κ3) is 2.86. The lowest BCUT2D eigenvalue weighted by atomic mass is 10.2. The van der Waals surface area contributed by atoms with Crippen molar-refractivity contribution >= 4 is 21.6 Å². The van der Waals surface area contributed by atoms with E-state index in [2.05, 4.69) is 20.7 Å². The van der Waals surface area contributed by atoms with Crippen molar-refractivity contribution in [1.82, 2.24) is 0 Å². The van der Waals surface area contributed by atoms with Crippen molar-refractivity contribution in [3.8, 4) is 5.75 Å². The van der Waals surface area contributed by atoms with E-state index in [1.165, 1.54) is 6.07 Å². The maximum Gasteiger partial charge on any atom is 0.387 e. The molecule has 0 atom stereocenters. The molecular weight excluding hydrogens is 299 g/mol. The van der Waals surface area contributed by atoms with Crippen LogP contribution in [0.4, 0.5) is 18.9 Å². The van der Waals surface area contributed by atoms with Gasteiger partial charge in [-0.25, -0.2) is 4.39 Å². The fourth-order valence-corrected chi connectivity index (χ4v) is 2.33. The first-order chi connectivity index (χ1) is 8.08. The summed E-state index contributed by atoms with van der Waals surface area (Å²) >= 11 is 3.11. The Labute approximate surface area is 105 Å². The number of anilines is 1. The molecular formula is C11H11BrF3NO. The van der Waals surface area contributed by atoms with Crippen molar-refractivity contribution in [1.29, 1.82) is 0 Å². The summed E-state index contributed by atoms with van der Waals surface area (Å²) in [6, 6.07) is 2.47. The summed E-state index contributed by atoms with van der Waals surface area (Å²) in [5.74, 6) is -0.716. The van der Waals surface area contributed by atoms with E-state index in [4.69, 9.17) is 0 Å². The highest BCUT2D eigenvalue weighted by molar-refractivity contribution is 9.10. The third-order valence-corrected chi connectivity index (χ3v) is 3.28. The standard InChI is InChI=1S/C11H11BrF3NO/c12-7-5-9(16-3-1-2-4-16)8(13)6-10(7)17-11(14)15/h5-6,11H,1-4H2. The predicted molar refractivity (Wildman–Crippen MR) is 62.2 cm³/mol. The molecule has 6 heteroatoms. The number of rotatable bonds is 3. The van der Waals surface area contributed by atoms with E-state index in [0.29, 0.717) is 10.2 Å². The lowest BCUT2D eigenvalue weighted by Crippen LogP contribution is -2.19. The smallest absolute Gasteiger partial charge is 0.387 e. The first-order valence-corrected chi connectivity index (χ1v) is 6.06. The van der Waals surface area contributed by atoms with Gasteiger partial charge in [0.15, 0.2) is 0 Å². The Kier molecular flexibility index (Phi) is 3.81. The molecule has 1 aliphatic rings. The van der Waals surface area contributed by atoms with E-state index < -0.39 is 12.4 Å². The van der Waals surface area contributed by atoms with Crippen LogP contribution < -0.4 is 9.64 Å². The van der Waals surface area contributed by atoms with E-state index >= 15 is 0 Å². The van der Waals surface area contributed by atoms with Crippen LogP contribution in [0.5, 0.6) is 5.75 Å². The van der Waals surface area contributed by atoms with Crippen molar-refractivity contribution in [2.45, 2.75) is 19.5 Å². The van der Waals surface area contributed by atoms with E-state index in [1.54, 1.807) is 0 Å². The molecule has 0 radical (unpaired) electrons. The monoisotopic (exact) mass is 309 g/mol. The molecule has 0 unspecified atom stereocenters. The van der Waals surface area contributed by atoms with E-state index in [0.717, 1.165) is 32.0 Å². The lowest BCUT2D eigenvalue weighted by molar-refractivity contribution is -0.0504. The average Bonchev–Trinajstić information content (AvgIpc) is 2.75. The molecule has 1 heterocycles. The molecule has 1 fully saturated rings. The molecule has 1 saturated heterocycles. The molecule has 0 bridgehead atoms. The van der Waals surface area contributed by atoms with Crippen LogP contribution in [-0.4, -0.2) is 19.7 Å². The summed E-state index contributed by atoms with van der Waals surface area (Å²) in [4.78, 5) is 1.90. The van der Waals surface area contributed by atoms with Crippen LogP contribution in [0, 0.1) is 5.82 Å². The zero-order valence-corrected chi connectivity index (χ0v) is 10.5. The first kappa shape index (κ1) is 12.5. The summed E-state index contributed by atoms with van der Waals surface area (Å²) in [7, 11) is 0. The summed E-state index contributed by atoms with van der Waals surface area (Å²) < 4.78 is 42.4. The molecule has 0 saturated carbocycles. The summed E-state index contributed by atoms with van der Waals surface area (Å²) in [6.45, 7) is -1.38. The minimum atomic E-state index is -2.96. The van der Waals surface area contributed by atoms with Gasteiger partial charge in [-0.3, -0.25) is 0 Å². The number of hydrogen-bond donors (Lipinski definition) is 0. The fraction of sp³-hybridized carbons (Fsp3) is 0.455. The summed E-state index contributed by atoms with van der Waals surface area (Å²) in [5.41, 5.74) is 0.427. The quantitative estimate of drug-likeness (QED) is 0.842. The van der Waals surface area contributed by atoms with Crippen molar-refractivity contribution in [3.05, 3.63) is 22.4 Å². The molecule has 0 amide bonds. The van der Waals surface area contributed by atoms with Crippen molar-refractivity contribution < 1.29 is 17.9 Å². The van der Waals surface area contributed by atoms with Gasteiger partial charge in [0.2, 0.25) is 0 Å². The Morgan fingerprint density at radius 3 is 2.47 bits per heavy atom. The lowest BCUT2D eigenvalue weighted by Gasteiger charge is -2.19. The molecule has 0 spiro atoms. The van der Waals surface area contributed by atoms with Crippen LogP contribution in [0.15, 0.2) is 16.6 Å². The highest BCUT2D eigenvalue weighted by Gasteiger charge is 2.19. The Morgan fingerprint density at radius 1 is 1.24 bits per heavy atom. The van der Waals surface area contributed by atoms with Gasteiger partial charge in [0.1, 0.15) is 11.6 Å². The number of alkyl halides is 2. The number of hydrogen-bond acceptors (Lipinski definition) is 2. The van der Waals surface area contributed by atoms with Gasteiger partial charge in [0, 0.05) is 19.2 Å². The van der Waals surface area contributed by atoms with Gasteiger partial charge in [0.25, 0.3) is 0 Å². The number of ether oxygens (including phenoxy) is 1. The predicted octanol–water partition coefficient (Wildman–Crippen LogP) is 3.79. The van der Waals surface area contributed by atoms with Crippen LogP contribution in [0.25, 0.3) is 0 Å². The maximum absolute atomic E-state index is 13.7. The Bertz CT molecular complexity index is 408. The molecule has 17 heavy (non-hydrogen) atoms. The summed E-state index contributed by atoms with van der Waals surface area (Å²) in [6.07, 6.45) is 2.04. The highest BCUT2D eigenvalue weighted by Crippen LogP contribution is 2.34. The molecule has 1 aromatic rings. The second-order valence-electron chi connectivity index (χ2n) is 3.81. The molecule has 1 aromatic carbocycles. The van der Waals surface area contributed by atoms with Crippen LogP contribution in [0.3, 0.4) is 0 Å². The van der Waals surface area contributed by atoms with Gasteiger partial charge in [-0.15, -0.1) is 0 Å². The maximum atomic E-state index is 13.7. The van der Waals surface area contributed by atoms with Crippen molar-refractivity contribution in [2.75, 3.05) is 18.0 Å². The highest BCUT2D eigenvalue weighted by atomic mass is 79.9. The zero-order chi connectivity index (χ0) is 12.4. The second-order valence-corrected chi connectivity index (χ2v) is 4.66. The molecule has 2 rings (SSSR count). The normalized spacial score (nSPS) is 15.7. The van der Waals surface area contributed by atoms with Crippen molar-refractivity contribution in [3.63, 3.8) is 0 Å². The minimum Gasteiger partial charge on any atom is -0.434 e. The first-order valence-electron chi connectivity index (χ1n) is 5.26. The second kappa shape index (κ2) is 5.16. The van der Waals surface area contributed by atoms with Crippen molar-refractivity contribution in [2.24, 2.45) is 0 Å².